The van der Waals surface area contributed by atoms with Gasteiger partial charge in [-0.15, -0.1) is 22.9 Å². The molecule has 16 heavy (non-hydrogen) atoms. The van der Waals surface area contributed by atoms with Gasteiger partial charge in [-0.3, -0.25) is 0 Å². The lowest BCUT2D eigenvalue weighted by Gasteiger charge is -2.12. The molecule has 1 unspecified atom stereocenters. The van der Waals surface area contributed by atoms with Gasteiger partial charge in [-0.1, -0.05) is 18.2 Å². The molecule has 0 bridgehead atoms. The summed E-state index contributed by atoms with van der Waals surface area (Å²) in [5, 5.41) is 1.98. The van der Waals surface area contributed by atoms with E-state index in [0.717, 1.165) is 4.47 Å². The third-order valence-electron chi connectivity index (χ3n) is 2.37. The monoisotopic (exact) mass is 426 g/mol. The summed E-state index contributed by atoms with van der Waals surface area (Å²) in [5.74, 6) is 0. The number of hydrogen-bond donors (Lipinski definition) is 0. The van der Waals surface area contributed by atoms with Crippen LogP contribution in [0.4, 0.5) is 0 Å². The van der Waals surface area contributed by atoms with Crippen LogP contribution in [0.3, 0.4) is 0 Å². The van der Waals surface area contributed by atoms with Gasteiger partial charge in [0.1, 0.15) is 0 Å². The molecule has 0 nitrogen and oxygen atoms in total. The van der Waals surface area contributed by atoms with Crippen molar-refractivity contribution in [3.05, 3.63) is 53.7 Å². The first-order chi connectivity index (χ1) is 7.61. The minimum atomic E-state index is -0.0684. The van der Waals surface area contributed by atoms with E-state index in [0.29, 0.717) is 0 Å². The molecule has 0 fully saturated rings. The van der Waals surface area contributed by atoms with E-state index in [9.17, 15) is 0 Å². The molecule has 1 aromatic carbocycles. The molecule has 84 valence electrons. The summed E-state index contributed by atoms with van der Waals surface area (Å²) in [7, 11) is 0. The van der Waals surface area contributed by atoms with Crippen molar-refractivity contribution in [1.82, 2.24) is 0 Å². The van der Waals surface area contributed by atoms with Crippen LogP contribution in [0.1, 0.15) is 21.4 Å². The van der Waals surface area contributed by atoms with Gasteiger partial charge in [0.2, 0.25) is 0 Å². The lowest BCUT2D eigenvalue weighted by Crippen LogP contribution is -1.96. The molecule has 4 heteroatoms. The van der Waals surface area contributed by atoms with Gasteiger partial charge in [0.25, 0.3) is 0 Å². The molecular weight excluding hydrogens is 418 g/mol. The Morgan fingerprint density at radius 2 is 2.12 bits per heavy atom. The van der Waals surface area contributed by atoms with Crippen molar-refractivity contribution in [2.24, 2.45) is 0 Å². The highest BCUT2D eigenvalue weighted by Gasteiger charge is 2.18. The van der Waals surface area contributed by atoms with E-state index < -0.39 is 0 Å². The molecule has 0 N–H and O–H groups in total. The summed E-state index contributed by atoms with van der Waals surface area (Å²) >= 11 is 14.1. The molecule has 0 aliphatic rings. The van der Waals surface area contributed by atoms with Gasteiger partial charge in [-0.25, -0.2) is 0 Å². The Kier molecular flexibility index (Phi) is 4.32. The molecule has 2 rings (SSSR count). The van der Waals surface area contributed by atoms with Crippen molar-refractivity contribution in [2.75, 3.05) is 0 Å². The van der Waals surface area contributed by atoms with E-state index in [1.807, 2.05) is 6.07 Å². The van der Waals surface area contributed by atoms with Crippen molar-refractivity contribution in [2.45, 2.75) is 12.3 Å². The fourth-order valence-corrected chi connectivity index (χ4v) is 4.53. The Hall–Kier alpha value is 0.420. The maximum atomic E-state index is 6.53. The second-order valence-electron chi connectivity index (χ2n) is 3.47. The molecule has 0 saturated carbocycles. The first kappa shape index (κ1) is 12.9. The van der Waals surface area contributed by atoms with E-state index in [-0.39, 0.29) is 5.38 Å². The van der Waals surface area contributed by atoms with Gasteiger partial charge in [0, 0.05) is 12.9 Å². The standard InChI is InChI=1S/C12H9BrClIS/c1-7-3-2-4-8(11(7)15)10(14)12-9(13)5-6-16-12/h2-6,10H,1H3. The zero-order valence-electron chi connectivity index (χ0n) is 8.51. The number of hydrogen-bond acceptors (Lipinski definition) is 1. The predicted octanol–water partition coefficient (Wildman–Crippen LogP) is 5.75. The number of rotatable bonds is 2. The van der Waals surface area contributed by atoms with Gasteiger partial charge in [-0.2, -0.15) is 0 Å². The lowest BCUT2D eigenvalue weighted by atomic mass is 10.1. The Balaban J connectivity index is 2.46. The van der Waals surface area contributed by atoms with Crippen molar-refractivity contribution >= 4 is 61.5 Å². The Bertz CT molecular complexity index is 509. The van der Waals surface area contributed by atoms with Crippen molar-refractivity contribution < 1.29 is 0 Å². The molecule has 2 aromatic rings. The maximum absolute atomic E-state index is 6.53. The van der Waals surface area contributed by atoms with Crippen LogP contribution in [0.25, 0.3) is 0 Å². The minimum absolute atomic E-state index is 0.0684. The number of alkyl halides is 1. The normalized spacial score (nSPS) is 12.8. The fourth-order valence-electron chi connectivity index (χ4n) is 1.49. The van der Waals surface area contributed by atoms with Crippen LogP contribution < -0.4 is 0 Å². The Morgan fingerprint density at radius 1 is 1.38 bits per heavy atom. The summed E-state index contributed by atoms with van der Waals surface area (Å²) in [5.41, 5.74) is 2.46. The highest BCUT2D eigenvalue weighted by molar-refractivity contribution is 14.1. The van der Waals surface area contributed by atoms with Gasteiger partial charge < -0.3 is 0 Å². The van der Waals surface area contributed by atoms with Crippen molar-refractivity contribution in [1.29, 1.82) is 0 Å². The van der Waals surface area contributed by atoms with Gasteiger partial charge in [-0.05, 0) is 68.0 Å². The molecule has 0 saturated heterocycles. The molecule has 0 aliphatic heterocycles. The maximum Gasteiger partial charge on any atom is 0.0949 e. The second kappa shape index (κ2) is 5.38. The molecule has 1 heterocycles. The SMILES string of the molecule is Cc1cccc(C(Cl)c2sccc2Br)c1I. The average molecular weight is 428 g/mol. The first-order valence-corrected chi connectivity index (χ1v) is 7.92. The highest BCUT2D eigenvalue weighted by atomic mass is 127. The summed E-state index contributed by atoms with van der Waals surface area (Å²) in [6.07, 6.45) is 0. The third-order valence-corrected chi connectivity index (χ3v) is 6.36. The van der Waals surface area contributed by atoms with E-state index in [1.54, 1.807) is 11.3 Å². The van der Waals surface area contributed by atoms with Crippen LogP contribution in [0.2, 0.25) is 0 Å². The lowest BCUT2D eigenvalue weighted by molar-refractivity contribution is 1.14. The first-order valence-electron chi connectivity index (χ1n) is 4.73. The largest absolute Gasteiger partial charge is 0.146 e. The van der Waals surface area contributed by atoms with Crippen LogP contribution in [0.15, 0.2) is 34.1 Å². The second-order valence-corrected chi connectivity index (χ2v) is 6.79. The van der Waals surface area contributed by atoms with Crippen LogP contribution in [-0.2, 0) is 0 Å². The molecule has 0 aliphatic carbocycles. The zero-order valence-corrected chi connectivity index (χ0v) is 13.8. The van der Waals surface area contributed by atoms with Crippen LogP contribution in [0.5, 0.6) is 0 Å². The molecule has 1 atom stereocenters. The molecule has 0 radical (unpaired) electrons. The smallest absolute Gasteiger partial charge is 0.0949 e. The number of aryl methyl sites for hydroxylation is 1. The van der Waals surface area contributed by atoms with E-state index in [2.05, 4.69) is 69.0 Å². The number of benzene rings is 1. The van der Waals surface area contributed by atoms with Crippen LogP contribution in [-0.4, -0.2) is 0 Å². The summed E-state index contributed by atoms with van der Waals surface area (Å²) in [4.78, 5) is 1.17. The fraction of sp³-hybridized carbons (Fsp3) is 0.167. The van der Waals surface area contributed by atoms with E-state index >= 15 is 0 Å². The van der Waals surface area contributed by atoms with E-state index in [4.69, 9.17) is 11.6 Å². The Morgan fingerprint density at radius 3 is 2.75 bits per heavy atom. The van der Waals surface area contributed by atoms with Crippen LogP contribution >= 0.6 is 61.5 Å². The van der Waals surface area contributed by atoms with Crippen LogP contribution in [0, 0.1) is 10.5 Å². The number of thiophene rings is 1. The number of halogens is 3. The quantitative estimate of drug-likeness (QED) is 0.423. The third kappa shape index (κ3) is 2.47. The van der Waals surface area contributed by atoms with Crippen molar-refractivity contribution in [3.8, 4) is 0 Å². The molecule has 0 amide bonds. The molecule has 0 spiro atoms. The predicted molar refractivity (Wildman–Crippen MR) is 83.6 cm³/mol. The molecule has 1 aromatic heterocycles. The van der Waals surface area contributed by atoms with Crippen molar-refractivity contribution in [3.63, 3.8) is 0 Å². The Labute approximate surface area is 126 Å². The summed E-state index contributed by atoms with van der Waals surface area (Å²) < 4.78 is 2.34. The van der Waals surface area contributed by atoms with Gasteiger partial charge in [0.05, 0.1) is 5.38 Å². The molecular formula is C12H9BrClIS. The summed E-state index contributed by atoms with van der Waals surface area (Å²) in [6, 6.07) is 8.30. The summed E-state index contributed by atoms with van der Waals surface area (Å²) in [6.45, 7) is 2.11. The van der Waals surface area contributed by atoms with E-state index in [1.165, 1.54) is 19.6 Å². The highest BCUT2D eigenvalue weighted by Crippen LogP contribution is 2.39. The topological polar surface area (TPSA) is 0 Å². The van der Waals surface area contributed by atoms with Gasteiger partial charge >= 0.3 is 0 Å². The average Bonchev–Trinajstić information content (AvgIpc) is 2.68. The zero-order chi connectivity index (χ0) is 11.7. The minimum Gasteiger partial charge on any atom is -0.146 e. The van der Waals surface area contributed by atoms with Gasteiger partial charge in [0.15, 0.2) is 0 Å².